The molecule has 1 aromatic carbocycles. The Kier molecular flexibility index (Phi) is 3.86. The van der Waals surface area contributed by atoms with Gasteiger partial charge in [-0.15, -0.1) is 0 Å². The highest BCUT2D eigenvalue weighted by Gasteiger charge is 2.18. The highest BCUT2D eigenvalue weighted by Crippen LogP contribution is 2.18. The molecule has 90 valence electrons. The van der Waals surface area contributed by atoms with Crippen LogP contribution in [0.4, 0.5) is 0 Å². The second-order valence-electron chi connectivity index (χ2n) is 3.39. The zero-order valence-electron chi connectivity index (χ0n) is 9.43. The van der Waals surface area contributed by atoms with Crippen molar-refractivity contribution in [3.63, 3.8) is 0 Å². The van der Waals surface area contributed by atoms with Gasteiger partial charge in [-0.25, -0.2) is 13.2 Å². The van der Waals surface area contributed by atoms with Crippen molar-refractivity contribution in [1.82, 2.24) is 0 Å². The fraction of sp³-hybridized carbons (Fsp3) is 0.273. The first-order valence-electron chi connectivity index (χ1n) is 4.71. The fourth-order valence-electron chi connectivity index (χ4n) is 1.41. The normalized spacial score (nSPS) is 10.6. The van der Waals surface area contributed by atoms with Crippen LogP contribution in [0.25, 0.3) is 0 Å². The van der Waals surface area contributed by atoms with Crippen LogP contribution in [0.1, 0.15) is 15.9 Å². The molecule has 0 saturated carbocycles. The van der Waals surface area contributed by atoms with E-state index in [1.165, 1.54) is 25.3 Å². The van der Waals surface area contributed by atoms with Crippen LogP contribution in [-0.4, -0.2) is 27.2 Å². The number of ether oxygens (including phenoxy) is 1. The first-order chi connectivity index (χ1) is 7.92. The highest BCUT2D eigenvalue weighted by molar-refractivity contribution is 7.91. The number of carbonyl (C=O) groups excluding carboxylic acids is 1. The lowest BCUT2D eigenvalue weighted by molar-refractivity contribution is 0.0600. The third kappa shape index (κ3) is 2.82. The van der Waals surface area contributed by atoms with Crippen LogP contribution < -0.4 is 0 Å². The number of esters is 1. The van der Waals surface area contributed by atoms with Crippen molar-refractivity contribution < 1.29 is 17.9 Å². The Bertz CT molecular complexity index is 584. The first-order valence-corrected chi connectivity index (χ1v) is 6.36. The quantitative estimate of drug-likeness (QED) is 0.752. The number of nitrogens with zero attached hydrogens (tertiary/aromatic N) is 1. The van der Waals surface area contributed by atoms with Gasteiger partial charge >= 0.3 is 5.97 Å². The van der Waals surface area contributed by atoms with Crippen LogP contribution in [0.2, 0.25) is 0 Å². The SMILES string of the molecule is COC(=O)c1ccc(S(=O)(=O)CC#N)c(C)c1. The van der Waals surface area contributed by atoms with Crippen LogP contribution in [0.5, 0.6) is 0 Å². The Hall–Kier alpha value is -1.87. The average Bonchev–Trinajstić information content (AvgIpc) is 2.27. The molecule has 0 radical (unpaired) electrons. The van der Waals surface area contributed by atoms with E-state index < -0.39 is 21.6 Å². The molecule has 6 heteroatoms. The van der Waals surface area contributed by atoms with E-state index in [0.717, 1.165) is 0 Å². The van der Waals surface area contributed by atoms with E-state index in [-0.39, 0.29) is 10.5 Å². The Morgan fingerprint density at radius 3 is 2.59 bits per heavy atom. The number of hydrogen-bond donors (Lipinski definition) is 0. The van der Waals surface area contributed by atoms with Gasteiger partial charge < -0.3 is 4.74 Å². The summed E-state index contributed by atoms with van der Waals surface area (Å²) in [4.78, 5) is 11.3. The zero-order valence-corrected chi connectivity index (χ0v) is 10.2. The van der Waals surface area contributed by atoms with Crippen LogP contribution in [0.3, 0.4) is 0 Å². The van der Waals surface area contributed by atoms with Crippen molar-refractivity contribution >= 4 is 15.8 Å². The second-order valence-corrected chi connectivity index (χ2v) is 5.35. The van der Waals surface area contributed by atoms with Gasteiger partial charge in [0.15, 0.2) is 9.84 Å². The highest BCUT2D eigenvalue weighted by atomic mass is 32.2. The van der Waals surface area contributed by atoms with Gasteiger partial charge in [-0.2, -0.15) is 5.26 Å². The summed E-state index contributed by atoms with van der Waals surface area (Å²) >= 11 is 0. The fourth-order valence-corrected chi connectivity index (χ4v) is 2.56. The standard InChI is InChI=1S/C11H11NO4S/c1-8-7-9(11(13)16-2)3-4-10(8)17(14,15)6-5-12/h3-4,7H,6H2,1-2H3. The van der Waals surface area contributed by atoms with Gasteiger partial charge in [0.1, 0.15) is 5.75 Å². The number of carbonyl (C=O) groups is 1. The molecule has 0 amide bonds. The minimum absolute atomic E-state index is 0.0618. The molecule has 1 rings (SSSR count). The molecule has 0 N–H and O–H groups in total. The van der Waals surface area contributed by atoms with Crippen LogP contribution in [0, 0.1) is 18.3 Å². The molecule has 0 aliphatic heterocycles. The van der Waals surface area contributed by atoms with Gasteiger partial charge in [0, 0.05) is 0 Å². The molecule has 0 heterocycles. The molecule has 0 aromatic heterocycles. The van der Waals surface area contributed by atoms with E-state index in [2.05, 4.69) is 4.74 Å². The summed E-state index contributed by atoms with van der Waals surface area (Å²) in [7, 11) is -2.36. The zero-order chi connectivity index (χ0) is 13.1. The van der Waals surface area contributed by atoms with Crippen LogP contribution in [-0.2, 0) is 14.6 Å². The van der Waals surface area contributed by atoms with Gasteiger partial charge in [-0.3, -0.25) is 0 Å². The maximum atomic E-state index is 11.7. The molecule has 1 aromatic rings. The van der Waals surface area contributed by atoms with E-state index in [1.807, 2.05) is 0 Å². The third-order valence-electron chi connectivity index (χ3n) is 2.19. The Morgan fingerprint density at radius 1 is 1.47 bits per heavy atom. The molecule has 0 spiro atoms. The molecule has 0 fully saturated rings. The summed E-state index contributed by atoms with van der Waals surface area (Å²) in [5.41, 5.74) is 0.698. The average molecular weight is 253 g/mol. The van der Waals surface area contributed by atoms with Gasteiger partial charge in [0.25, 0.3) is 0 Å². The molecule has 0 saturated heterocycles. The second kappa shape index (κ2) is 4.97. The summed E-state index contributed by atoms with van der Waals surface area (Å²) in [6.45, 7) is 1.57. The molecule has 0 atom stereocenters. The minimum Gasteiger partial charge on any atom is -0.465 e. The van der Waals surface area contributed by atoms with Crippen molar-refractivity contribution in [3.05, 3.63) is 29.3 Å². The number of aryl methyl sites for hydroxylation is 1. The van der Waals surface area contributed by atoms with E-state index in [1.54, 1.807) is 13.0 Å². The van der Waals surface area contributed by atoms with Crippen molar-refractivity contribution in [2.24, 2.45) is 0 Å². The van der Waals surface area contributed by atoms with Gasteiger partial charge in [-0.05, 0) is 30.7 Å². The maximum absolute atomic E-state index is 11.7. The van der Waals surface area contributed by atoms with E-state index >= 15 is 0 Å². The summed E-state index contributed by atoms with van der Waals surface area (Å²) in [5.74, 6) is -1.11. The Balaban J connectivity index is 3.25. The molecule has 0 aliphatic carbocycles. The molecule has 0 aliphatic rings. The van der Waals surface area contributed by atoms with E-state index in [0.29, 0.717) is 5.56 Å². The van der Waals surface area contributed by atoms with E-state index in [9.17, 15) is 13.2 Å². The topological polar surface area (TPSA) is 84.2 Å². The minimum atomic E-state index is -3.60. The lowest BCUT2D eigenvalue weighted by Gasteiger charge is -2.06. The van der Waals surface area contributed by atoms with Crippen molar-refractivity contribution in [1.29, 1.82) is 5.26 Å². The van der Waals surface area contributed by atoms with Gasteiger partial charge in [-0.1, -0.05) is 0 Å². The summed E-state index contributed by atoms with van der Waals surface area (Å²) in [5, 5.41) is 8.43. The number of methoxy groups -OCH3 is 1. The van der Waals surface area contributed by atoms with Crippen molar-refractivity contribution in [2.75, 3.05) is 12.9 Å². The van der Waals surface area contributed by atoms with Crippen molar-refractivity contribution in [3.8, 4) is 6.07 Å². The molecule has 0 unspecified atom stereocenters. The van der Waals surface area contributed by atoms with Crippen molar-refractivity contribution in [2.45, 2.75) is 11.8 Å². The molecular formula is C11H11NO4S. The Labute approximate surface area is 99.5 Å². The largest absolute Gasteiger partial charge is 0.465 e. The molecule has 17 heavy (non-hydrogen) atoms. The predicted molar refractivity (Wildman–Crippen MR) is 60.2 cm³/mol. The first kappa shape index (κ1) is 13.2. The van der Waals surface area contributed by atoms with Crippen LogP contribution in [0.15, 0.2) is 23.1 Å². The van der Waals surface area contributed by atoms with Gasteiger partial charge in [0.05, 0.1) is 23.6 Å². The summed E-state index contributed by atoms with van der Waals surface area (Å²) in [6, 6.07) is 5.71. The van der Waals surface area contributed by atoms with Gasteiger partial charge in [0.2, 0.25) is 0 Å². The Morgan fingerprint density at radius 2 is 2.12 bits per heavy atom. The number of nitriles is 1. The number of sulfone groups is 1. The number of hydrogen-bond acceptors (Lipinski definition) is 5. The molecular weight excluding hydrogens is 242 g/mol. The third-order valence-corrected chi connectivity index (χ3v) is 3.82. The summed E-state index contributed by atoms with van der Waals surface area (Å²) < 4.78 is 27.9. The molecule has 5 nitrogen and oxygen atoms in total. The lowest BCUT2D eigenvalue weighted by atomic mass is 10.1. The predicted octanol–water partition coefficient (Wildman–Crippen LogP) is 1.08. The summed E-state index contributed by atoms with van der Waals surface area (Å²) in [6.07, 6.45) is 0. The lowest BCUT2D eigenvalue weighted by Crippen LogP contribution is -2.09. The maximum Gasteiger partial charge on any atom is 0.337 e. The molecule has 0 bridgehead atoms. The smallest absolute Gasteiger partial charge is 0.337 e. The monoisotopic (exact) mass is 253 g/mol. The number of benzene rings is 1. The van der Waals surface area contributed by atoms with E-state index in [4.69, 9.17) is 5.26 Å². The van der Waals surface area contributed by atoms with Crippen LogP contribution >= 0.6 is 0 Å². The number of rotatable bonds is 3.